The summed E-state index contributed by atoms with van der Waals surface area (Å²) < 4.78 is 19.6. The summed E-state index contributed by atoms with van der Waals surface area (Å²) in [4.78, 5) is 9.09. The van der Waals surface area contributed by atoms with Gasteiger partial charge in [0.2, 0.25) is 0 Å². The topological polar surface area (TPSA) is 57.0 Å². The van der Waals surface area contributed by atoms with Gasteiger partial charge >= 0.3 is 0 Å². The van der Waals surface area contributed by atoms with Crippen molar-refractivity contribution < 1.29 is 0 Å². The Morgan fingerprint density at radius 1 is 0.317 bits per heavy atom. The minimum absolute atomic E-state index is 0.863. The Kier molecular flexibility index (Phi) is 9.52. The lowest BCUT2D eigenvalue weighted by atomic mass is 10.0. The average molecular weight is 845 g/mol. The molecule has 10 aromatic rings. The van der Waals surface area contributed by atoms with Gasteiger partial charge in [0.05, 0.1) is 23.1 Å². The SMILES string of the molecule is c1ccc(N(c2ccccc2)c2ccc(-c3ccc(-c4c5c(c(-c6ccc(-c7ccc(N(c8ccccc8)c8ccccc8)cc7)s6)c6nsnc46)N=S=N5)s3)cc2)cc1. The predicted molar refractivity (Wildman–Crippen MR) is 256 cm³/mol. The van der Waals surface area contributed by atoms with Gasteiger partial charge in [0.15, 0.2) is 0 Å². The number of anilines is 6. The van der Waals surface area contributed by atoms with Gasteiger partial charge in [-0.3, -0.25) is 0 Å². The smallest absolute Gasteiger partial charge is 0.116 e. The van der Waals surface area contributed by atoms with Gasteiger partial charge in [-0.2, -0.15) is 17.5 Å². The molecule has 0 N–H and O–H groups in total. The number of para-hydroxylation sites is 4. The lowest BCUT2D eigenvalue weighted by Crippen LogP contribution is -2.09. The fraction of sp³-hybridized carbons (Fsp3) is 0. The molecule has 1 aliphatic heterocycles. The van der Waals surface area contributed by atoms with Crippen LogP contribution in [0.1, 0.15) is 0 Å². The third-order valence-electron chi connectivity index (χ3n) is 10.5. The molecule has 10 heteroatoms. The molecule has 0 saturated heterocycles. The Hall–Kier alpha value is -6.82. The summed E-state index contributed by atoms with van der Waals surface area (Å²) in [7, 11) is 0. The van der Waals surface area contributed by atoms with E-state index in [1.165, 1.54) is 32.8 Å². The Labute approximate surface area is 363 Å². The van der Waals surface area contributed by atoms with Crippen molar-refractivity contribution in [2.75, 3.05) is 9.80 Å². The minimum Gasteiger partial charge on any atom is -0.311 e. The number of aromatic nitrogens is 2. The van der Waals surface area contributed by atoms with Crippen LogP contribution in [0.2, 0.25) is 0 Å². The highest BCUT2D eigenvalue weighted by Gasteiger charge is 2.28. The van der Waals surface area contributed by atoms with Gasteiger partial charge in [-0.1, -0.05) is 97.1 Å². The van der Waals surface area contributed by atoms with Crippen molar-refractivity contribution in [2.45, 2.75) is 0 Å². The summed E-state index contributed by atoms with van der Waals surface area (Å²) in [6, 6.07) is 68.3. The Bertz CT molecular complexity index is 2880. The van der Waals surface area contributed by atoms with Crippen LogP contribution in [0.3, 0.4) is 0 Å². The summed E-state index contributed by atoms with van der Waals surface area (Å²) in [5.41, 5.74) is 14.4. The number of thiophene rings is 2. The standard InChI is InChI=1S/C50H32N6S4/c1-5-13-35(14-6-1)55(36-15-7-2-8-16-36)39-25-21-33(22-26-39)41-29-31-43(57-41)45-47-49(53-59-51-47)46(50-48(45)52-60-54-50)44-32-30-42(58-44)34-23-27-40(28-24-34)56(37-17-9-3-10-18-37)38-19-11-4-12-20-38/h1-32H. The molecule has 0 amide bonds. The molecule has 0 aliphatic carbocycles. The Morgan fingerprint density at radius 2 is 0.633 bits per heavy atom. The zero-order valence-electron chi connectivity index (χ0n) is 31.8. The lowest BCUT2D eigenvalue weighted by Gasteiger charge is -2.25. The first-order valence-corrected chi connectivity index (χ1v) is 22.5. The third kappa shape index (κ3) is 6.65. The van der Waals surface area contributed by atoms with Crippen molar-refractivity contribution >= 4 is 102 Å². The average Bonchev–Trinajstić information content (AvgIpc) is 4.17. The van der Waals surface area contributed by atoms with E-state index >= 15 is 0 Å². The van der Waals surface area contributed by atoms with Crippen LogP contribution < -0.4 is 9.80 Å². The van der Waals surface area contributed by atoms with Crippen LogP contribution in [0.4, 0.5) is 45.5 Å². The lowest BCUT2D eigenvalue weighted by molar-refractivity contribution is 1.28. The van der Waals surface area contributed by atoms with Gasteiger partial charge < -0.3 is 9.80 Å². The first-order valence-electron chi connectivity index (χ1n) is 19.4. The van der Waals surface area contributed by atoms with Gasteiger partial charge in [0.25, 0.3) is 0 Å². The maximum Gasteiger partial charge on any atom is 0.116 e. The zero-order chi connectivity index (χ0) is 39.8. The molecular weight excluding hydrogens is 813 g/mol. The van der Waals surface area contributed by atoms with Gasteiger partial charge in [-0.15, -0.1) is 22.7 Å². The summed E-state index contributed by atoms with van der Waals surface area (Å²) in [5, 5.41) is 0. The van der Waals surface area contributed by atoms with Crippen molar-refractivity contribution in [2.24, 2.45) is 8.73 Å². The van der Waals surface area contributed by atoms with Gasteiger partial charge in [0, 0.05) is 64.8 Å². The van der Waals surface area contributed by atoms with E-state index in [4.69, 9.17) is 17.5 Å². The fourth-order valence-corrected chi connectivity index (χ4v) is 11.0. The molecule has 0 radical (unpaired) electrons. The second-order valence-corrected chi connectivity index (χ2v) is 17.3. The number of fused-ring (bicyclic) bond motifs is 2. The molecule has 7 aromatic carbocycles. The van der Waals surface area contributed by atoms with E-state index in [1.54, 1.807) is 22.7 Å². The highest BCUT2D eigenvalue weighted by Crippen LogP contribution is 2.55. The third-order valence-corrected chi connectivity index (χ3v) is 13.9. The summed E-state index contributed by atoms with van der Waals surface area (Å²) in [5.74, 6) is 0. The first kappa shape index (κ1) is 36.3. The largest absolute Gasteiger partial charge is 0.311 e. The van der Waals surface area contributed by atoms with Gasteiger partial charge in [-0.25, -0.2) is 0 Å². The van der Waals surface area contributed by atoms with Crippen molar-refractivity contribution in [1.82, 2.24) is 8.75 Å². The van der Waals surface area contributed by atoms with Crippen LogP contribution in [-0.4, -0.2) is 8.75 Å². The summed E-state index contributed by atoms with van der Waals surface area (Å²) >= 11 is 5.97. The Morgan fingerprint density at radius 3 is 0.983 bits per heavy atom. The molecule has 0 fully saturated rings. The van der Waals surface area contributed by atoms with E-state index in [-0.39, 0.29) is 0 Å². The van der Waals surface area contributed by atoms with Crippen molar-refractivity contribution in [3.05, 3.63) is 194 Å². The predicted octanol–water partition coefficient (Wildman–Crippen LogP) is 16.1. The van der Waals surface area contributed by atoms with Crippen molar-refractivity contribution in [1.29, 1.82) is 0 Å². The maximum absolute atomic E-state index is 4.89. The van der Waals surface area contributed by atoms with E-state index in [9.17, 15) is 0 Å². The molecule has 3 aromatic heterocycles. The highest BCUT2D eigenvalue weighted by atomic mass is 32.1. The second-order valence-electron chi connectivity index (χ2n) is 14.1. The van der Waals surface area contributed by atoms with E-state index in [1.807, 2.05) is 24.3 Å². The summed E-state index contributed by atoms with van der Waals surface area (Å²) in [6.45, 7) is 0. The highest BCUT2D eigenvalue weighted by molar-refractivity contribution is 7.58. The molecule has 0 unspecified atom stereocenters. The van der Waals surface area contributed by atoms with Crippen LogP contribution in [0, 0.1) is 0 Å². The van der Waals surface area contributed by atoms with Crippen LogP contribution in [0.5, 0.6) is 0 Å². The van der Waals surface area contributed by atoms with E-state index < -0.39 is 0 Å². The van der Waals surface area contributed by atoms with Crippen molar-refractivity contribution in [3.63, 3.8) is 0 Å². The molecule has 1 aliphatic rings. The molecule has 0 atom stereocenters. The molecule has 0 bridgehead atoms. The summed E-state index contributed by atoms with van der Waals surface area (Å²) in [6.07, 6.45) is 0. The minimum atomic E-state index is 0.863. The van der Waals surface area contributed by atoms with E-state index in [0.717, 1.165) is 88.5 Å². The molecule has 4 heterocycles. The number of hydrogen-bond donors (Lipinski definition) is 0. The maximum atomic E-state index is 4.89. The van der Waals surface area contributed by atoms with E-state index in [0.29, 0.717) is 0 Å². The number of hydrogen-bond acceptors (Lipinski definition) is 9. The van der Waals surface area contributed by atoms with Gasteiger partial charge in [-0.05, 0) is 108 Å². The molecule has 60 heavy (non-hydrogen) atoms. The van der Waals surface area contributed by atoms with Gasteiger partial charge in [0.1, 0.15) is 22.4 Å². The molecule has 6 nitrogen and oxygen atoms in total. The quantitative estimate of drug-likeness (QED) is 0.138. The molecule has 0 saturated carbocycles. The monoisotopic (exact) mass is 844 g/mol. The van der Waals surface area contributed by atoms with Crippen molar-refractivity contribution in [3.8, 4) is 41.8 Å². The number of nitrogens with zero attached hydrogens (tertiary/aromatic N) is 6. The molecule has 11 rings (SSSR count). The Balaban J connectivity index is 0.905. The zero-order valence-corrected chi connectivity index (χ0v) is 35.1. The second kappa shape index (κ2) is 15.7. The normalized spacial score (nSPS) is 11.7. The van der Waals surface area contributed by atoms with Crippen LogP contribution in [0.25, 0.3) is 52.8 Å². The first-order chi connectivity index (χ1) is 29.8. The molecule has 0 spiro atoms. The van der Waals surface area contributed by atoms with E-state index in [2.05, 4.69) is 180 Å². The van der Waals surface area contributed by atoms with Crippen LogP contribution in [-0.2, 0) is 11.4 Å². The van der Waals surface area contributed by atoms with Crippen LogP contribution >= 0.6 is 34.4 Å². The fourth-order valence-electron chi connectivity index (χ4n) is 7.73. The number of benzene rings is 7. The molecular formula is C50H32N6S4. The number of rotatable bonds is 10. The molecule has 286 valence electrons. The van der Waals surface area contributed by atoms with Crippen LogP contribution in [0.15, 0.2) is 203 Å².